The van der Waals surface area contributed by atoms with Crippen LogP contribution >= 0.6 is 27.5 Å². The summed E-state index contributed by atoms with van der Waals surface area (Å²) in [4.78, 5) is 10.3. The van der Waals surface area contributed by atoms with Gasteiger partial charge in [-0.25, -0.2) is 0 Å². The Hall–Kier alpha value is -1.63. The van der Waals surface area contributed by atoms with Crippen molar-refractivity contribution >= 4 is 33.2 Å². The fraction of sp³-hybridized carbons (Fsp3) is 0.143. The molecule has 0 bridgehead atoms. The van der Waals surface area contributed by atoms with Crippen LogP contribution in [0.1, 0.15) is 18.6 Å². The molecule has 110 valence electrons. The van der Waals surface area contributed by atoms with Crippen LogP contribution in [0.5, 0.6) is 11.5 Å². The van der Waals surface area contributed by atoms with E-state index in [4.69, 9.17) is 16.3 Å². The first-order valence-electron chi connectivity index (χ1n) is 5.98. The molecule has 0 aliphatic carbocycles. The number of hydrogen-bond donors (Lipinski definition) is 1. The Kier molecular flexibility index (Phi) is 4.82. The zero-order valence-corrected chi connectivity index (χ0v) is 13.3. The molecule has 0 saturated heterocycles. The quantitative estimate of drug-likeness (QED) is 0.614. The number of nitro benzene ring substituents is 1. The summed E-state index contributed by atoms with van der Waals surface area (Å²) in [7, 11) is 0. The van der Waals surface area contributed by atoms with Crippen LogP contribution < -0.4 is 4.74 Å². The van der Waals surface area contributed by atoms with Crippen molar-refractivity contribution < 1.29 is 14.8 Å². The van der Waals surface area contributed by atoms with Crippen molar-refractivity contribution in [1.29, 1.82) is 0 Å². The number of ether oxygens (including phenoxy) is 1. The van der Waals surface area contributed by atoms with Crippen LogP contribution in [0, 0.1) is 10.1 Å². The molecule has 0 aliphatic rings. The lowest BCUT2D eigenvalue weighted by Gasteiger charge is -2.11. The number of non-ortho nitro benzene ring substituents is 1. The number of nitro groups is 1. The minimum absolute atomic E-state index is 0.105. The smallest absolute Gasteiger partial charge is 0.273 e. The number of nitrogens with zero attached hydrogens (tertiary/aromatic N) is 1. The van der Waals surface area contributed by atoms with E-state index >= 15 is 0 Å². The van der Waals surface area contributed by atoms with Gasteiger partial charge in [0.2, 0.25) is 0 Å². The van der Waals surface area contributed by atoms with E-state index in [1.54, 1.807) is 25.1 Å². The molecule has 2 aromatic rings. The van der Waals surface area contributed by atoms with Gasteiger partial charge < -0.3 is 9.84 Å². The van der Waals surface area contributed by atoms with Crippen molar-refractivity contribution in [2.45, 2.75) is 13.0 Å². The van der Waals surface area contributed by atoms with Gasteiger partial charge in [-0.05, 0) is 46.6 Å². The summed E-state index contributed by atoms with van der Waals surface area (Å²) in [6.45, 7) is 1.65. The van der Waals surface area contributed by atoms with Crippen molar-refractivity contribution in [3.05, 3.63) is 61.6 Å². The number of hydrogen-bond acceptors (Lipinski definition) is 4. The normalized spacial score (nSPS) is 12.0. The average Bonchev–Trinajstić information content (AvgIpc) is 2.42. The Morgan fingerprint density at radius 1 is 1.29 bits per heavy atom. The molecule has 7 heteroatoms. The second kappa shape index (κ2) is 6.43. The van der Waals surface area contributed by atoms with Crippen LogP contribution in [-0.4, -0.2) is 10.0 Å². The van der Waals surface area contributed by atoms with Crippen molar-refractivity contribution in [1.82, 2.24) is 0 Å². The van der Waals surface area contributed by atoms with Crippen LogP contribution in [0.4, 0.5) is 5.69 Å². The minimum Gasteiger partial charge on any atom is -0.454 e. The highest BCUT2D eigenvalue weighted by atomic mass is 79.9. The van der Waals surface area contributed by atoms with E-state index in [1.807, 2.05) is 0 Å². The Morgan fingerprint density at radius 3 is 2.57 bits per heavy atom. The van der Waals surface area contributed by atoms with Gasteiger partial charge in [-0.2, -0.15) is 0 Å². The monoisotopic (exact) mass is 371 g/mol. The molecule has 2 aromatic carbocycles. The highest BCUT2D eigenvalue weighted by molar-refractivity contribution is 9.10. The number of rotatable bonds is 4. The third-order valence-electron chi connectivity index (χ3n) is 2.78. The molecule has 2 rings (SSSR count). The van der Waals surface area contributed by atoms with Gasteiger partial charge >= 0.3 is 0 Å². The van der Waals surface area contributed by atoms with E-state index in [2.05, 4.69) is 15.9 Å². The number of aliphatic hydroxyl groups is 1. The maximum atomic E-state index is 10.8. The number of halogens is 2. The molecule has 0 aromatic heterocycles. The first-order chi connectivity index (χ1) is 9.88. The van der Waals surface area contributed by atoms with E-state index in [9.17, 15) is 15.2 Å². The molecule has 1 N–H and O–H groups in total. The van der Waals surface area contributed by atoms with E-state index in [0.29, 0.717) is 10.2 Å². The fourth-order valence-corrected chi connectivity index (χ4v) is 2.30. The second-order valence-corrected chi connectivity index (χ2v) is 5.60. The third kappa shape index (κ3) is 3.72. The van der Waals surface area contributed by atoms with Crippen LogP contribution in [-0.2, 0) is 0 Å². The van der Waals surface area contributed by atoms with E-state index < -0.39 is 11.0 Å². The SMILES string of the molecule is CC(O)c1ccc(Oc2cc([N+](=O)[O-])ccc2Cl)c(Br)c1. The van der Waals surface area contributed by atoms with Gasteiger partial charge in [-0.3, -0.25) is 10.1 Å². The summed E-state index contributed by atoms with van der Waals surface area (Å²) in [6.07, 6.45) is -0.600. The van der Waals surface area contributed by atoms with Crippen molar-refractivity contribution in [2.24, 2.45) is 0 Å². The van der Waals surface area contributed by atoms with Crippen LogP contribution in [0.15, 0.2) is 40.9 Å². The minimum atomic E-state index is -0.600. The summed E-state index contributed by atoms with van der Waals surface area (Å²) in [5.74, 6) is 0.637. The predicted molar refractivity (Wildman–Crippen MR) is 83.0 cm³/mol. The van der Waals surface area contributed by atoms with Crippen molar-refractivity contribution in [3.63, 3.8) is 0 Å². The van der Waals surface area contributed by atoms with Crippen LogP contribution in [0.2, 0.25) is 5.02 Å². The molecule has 0 aliphatic heterocycles. The summed E-state index contributed by atoms with van der Waals surface area (Å²) in [5.41, 5.74) is 0.616. The van der Waals surface area contributed by atoms with Crippen LogP contribution in [0.3, 0.4) is 0 Å². The Labute approximate surface area is 134 Å². The maximum Gasteiger partial charge on any atom is 0.273 e. The first kappa shape index (κ1) is 15.8. The molecule has 5 nitrogen and oxygen atoms in total. The van der Waals surface area contributed by atoms with Gasteiger partial charge in [0, 0.05) is 6.07 Å². The third-order valence-corrected chi connectivity index (χ3v) is 3.72. The lowest BCUT2D eigenvalue weighted by atomic mass is 10.1. The van der Waals surface area contributed by atoms with Crippen LogP contribution in [0.25, 0.3) is 0 Å². The molecule has 0 amide bonds. The van der Waals surface area contributed by atoms with Crippen molar-refractivity contribution in [2.75, 3.05) is 0 Å². The number of aliphatic hydroxyl groups excluding tert-OH is 1. The fourth-order valence-electron chi connectivity index (χ4n) is 1.66. The number of benzene rings is 2. The summed E-state index contributed by atoms with van der Waals surface area (Å²) in [6, 6.07) is 9.05. The first-order valence-corrected chi connectivity index (χ1v) is 7.15. The van der Waals surface area contributed by atoms with Gasteiger partial charge in [0.05, 0.1) is 26.6 Å². The molecule has 21 heavy (non-hydrogen) atoms. The lowest BCUT2D eigenvalue weighted by Crippen LogP contribution is -1.94. The molecule has 0 fully saturated rings. The predicted octanol–water partition coefficient (Wildman–Crippen LogP) is 4.86. The topological polar surface area (TPSA) is 72.6 Å². The zero-order chi connectivity index (χ0) is 15.6. The van der Waals surface area contributed by atoms with Gasteiger partial charge in [0.1, 0.15) is 5.75 Å². The van der Waals surface area contributed by atoms with Gasteiger partial charge in [0.25, 0.3) is 5.69 Å². The molecular formula is C14H11BrClNO4. The van der Waals surface area contributed by atoms with Gasteiger partial charge in [-0.15, -0.1) is 0 Å². The van der Waals surface area contributed by atoms with Gasteiger partial charge in [0.15, 0.2) is 5.75 Å². The zero-order valence-electron chi connectivity index (χ0n) is 10.9. The molecule has 0 saturated carbocycles. The molecule has 0 heterocycles. The van der Waals surface area contributed by atoms with Crippen molar-refractivity contribution in [3.8, 4) is 11.5 Å². The Bertz CT molecular complexity index is 691. The molecular weight excluding hydrogens is 362 g/mol. The molecule has 1 atom stereocenters. The largest absolute Gasteiger partial charge is 0.454 e. The molecule has 1 unspecified atom stereocenters. The summed E-state index contributed by atoms with van der Waals surface area (Å²) >= 11 is 9.31. The van der Waals surface area contributed by atoms with Gasteiger partial charge in [-0.1, -0.05) is 17.7 Å². The molecule has 0 spiro atoms. The Balaban J connectivity index is 2.34. The maximum absolute atomic E-state index is 10.8. The van der Waals surface area contributed by atoms with E-state index in [0.717, 1.165) is 5.56 Å². The van der Waals surface area contributed by atoms with E-state index in [-0.39, 0.29) is 16.5 Å². The highest BCUT2D eigenvalue weighted by Crippen LogP contribution is 2.36. The lowest BCUT2D eigenvalue weighted by molar-refractivity contribution is -0.384. The molecule has 0 radical (unpaired) electrons. The second-order valence-electron chi connectivity index (χ2n) is 4.34. The average molecular weight is 373 g/mol. The summed E-state index contributed by atoms with van der Waals surface area (Å²) < 4.78 is 6.21. The highest BCUT2D eigenvalue weighted by Gasteiger charge is 2.13. The standard InChI is InChI=1S/C14H11BrClNO4/c1-8(18)9-2-5-13(11(15)6-9)21-14-7-10(17(19)20)3-4-12(14)16/h2-8,18H,1H3. The Morgan fingerprint density at radius 2 is 2.00 bits per heavy atom. The van der Waals surface area contributed by atoms with E-state index in [1.165, 1.54) is 18.2 Å². The summed E-state index contributed by atoms with van der Waals surface area (Å²) in [5, 5.41) is 20.6.